The number of fused-ring (bicyclic) bond motifs is 19. The smallest absolute Gasteiger partial charge is 0.143 e. The van der Waals surface area contributed by atoms with Gasteiger partial charge in [-0.3, -0.25) is 0 Å². The zero-order chi connectivity index (χ0) is 90.2. The van der Waals surface area contributed by atoms with E-state index < -0.39 is 0 Å². The molecule has 25 aromatic carbocycles. The van der Waals surface area contributed by atoms with E-state index in [4.69, 9.17) is 8.83 Å². The van der Waals surface area contributed by atoms with Crippen LogP contribution in [0.15, 0.2) is 482 Å². The van der Waals surface area contributed by atoms with E-state index in [-0.39, 0.29) is 5.41 Å². The van der Waals surface area contributed by atoms with Gasteiger partial charge in [0.25, 0.3) is 0 Å². The molecule has 0 saturated heterocycles. The van der Waals surface area contributed by atoms with E-state index in [2.05, 4.69) is 487 Å². The molecule has 28 rings (SSSR count). The largest absolute Gasteiger partial charge is 0.455 e. The first-order valence-electron chi connectivity index (χ1n) is 47.6. The summed E-state index contributed by atoms with van der Waals surface area (Å²) in [5.74, 6) is 0. The van der Waals surface area contributed by atoms with Crippen LogP contribution in [0.1, 0.15) is 25.0 Å². The maximum absolute atomic E-state index is 7.29. The summed E-state index contributed by atoms with van der Waals surface area (Å²) in [6.45, 7) is 4.76. The Morgan fingerprint density at radius 2 is 0.445 bits per heavy atom. The van der Waals surface area contributed by atoms with Gasteiger partial charge in [-0.2, -0.15) is 0 Å². The molecule has 2 nitrogen and oxygen atoms in total. The number of para-hydroxylation sites is 1. The first-order chi connectivity index (χ1) is 67.7. The molecular formula is C135H84O2. The summed E-state index contributed by atoms with van der Waals surface area (Å²) in [5, 5.41) is 25.8. The first-order valence-corrected chi connectivity index (χ1v) is 47.6. The van der Waals surface area contributed by atoms with Gasteiger partial charge in [0.2, 0.25) is 0 Å². The van der Waals surface area contributed by atoms with Crippen LogP contribution in [0.5, 0.6) is 0 Å². The zero-order valence-corrected chi connectivity index (χ0v) is 75.3. The van der Waals surface area contributed by atoms with Gasteiger partial charge in [0.05, 0.1) is 0 Å². The highest BCUT2D eigenvalue weighted by molar-refractivity contribution is 6.28. The molecule has 0 bridgehead atoms. The van der Waals surface area contributed by atoms with E-state index in [0.717, 1.165) is 116 Å². The summed E-state index contributed by atoms with van der Waals surface area (Å²) in [7, 11) is 0. The lowest BCUT2D eigenvalue weighted by Gasteiger charge is -2.22. The fourth-order valence-electron chi connectivity index (χ4n) is 23.5. The quantitative estimate of drug-likeness (QED) is 0.114. The highest BCUT2D eigenvalue weighted by Gasteiger charge is 2.36. The van der Waals surface area contributed by atoms with Crippen molar-refractivity contribution in [1.82, 2.24) is 0 Å². The van der Waals surface area contributed by atoms with Gasteiger partial charge in [-0.1, -0.05) is 414 Å². The molecule has 636 valence electrons. The van der Waals surface area contributed by atoms with Crippen molar-refractivity contribution in [3.63, 3.8) is 0 Å². The molecule has 0 aliphatic heterocycles. The molecule has 0 amide bonds. The van der Waals surface area contributed by atoms with Crippen LogP contribution in [0.25, 0.3) is 285 Å². The highest BCUT2D eigenvalue weighted by atomic mass is 16.3. The lowest BCUT2D eigenvalue weighted by Crippen LogP contribution is -2.14. The molecule has 0 atom stereocenters. The van der Waals surface area contributed by atoms with Gasteiger partial charge in [0, 0.05) is 37.9 Å². The summed E-state index contributed by atoms with van der Waals surface area (Å²) in [6.07, 6.45) is 0. The van der Waals surface area contributed by atoms with Crippen molar-refractivity contribution in [1.29, 1.82) is 0 Å². The Kier molecular flexibility index (Phi) is 17.5. The fraction of sp³-hybridized carbons (Fsp3) is 0.0222. The fourth-order valence-corrected chi connectivity index (χ4v) is 23.5. The Morgan fingerprint density at radius 3 is 1.04 bits per heavy atom. The minimum Gasteiger partial charge on any atom is -0.455 e. The molecule has 137 heavy (non-hydrogen) atoms. The van der Waals surface area contributed by atoms with Gasteiger partial charge in [0.1, 0.15) is 22.3 Å². The van der Waals surface area contributed by atoms with Crippen molar-refractivity contribution in [2.45, 2.75) is 19.3 Å². The van der Waals surface area contributed by atoms with Crippen LogP contribution in [0.4, 0.5) is 0 Å². The van der Waals surface area contributed by atoms with Crippen LogP contribution in [0.2, 0.25) is 0 Å². The van der Waals surface area contributed by atoms with E-state index in [1.54, 1.807) is 0 Å². The van der Waals surface area contributed by atoms with Crippen LogP contribution in [0.3, 0.4) is 0 Å². The third kappa shape index (κ3) is 12.4. The van der Waals surface area contributed by atoms with Crippen LogP contribution >= 0.6 is 0 Å². The molecule has 1 aliphatic carbocycles. The summed E-state index contributed by atoms with van der Waals surface area (Å²) in [6, 6.07) is 177. The Hall–Kier alpha value is -17.6. The minimum atomic E-state index is -0.151. The molecule has 0 unspecified atom stereocenters. The number of benzene rings is 25. The standard InChI is InChI=1S/C135H84O2/c1-135(2)123-47-22-21-40-104(123)105-63-54-94(80-124(105)135)92-57-66-113-120(76-92)130(88-50-48-82(49-51-88)81-26-7-3-8-27-81)119-75-91(56-65-112(119)132(113)106-45-23-36-83-28-15-17-38-99(83)106)93-60-70-125-116(73-93)114-46-25-44-103(134(114)137-125)97-59-68-111-122(78-97)129(87-34-13-6-14-35-87)121-77-96(58-67-110(121)128(111)86-32-11-5-12-33-86)100-43-24-37-95-72-89(53-62-101(95)100)90-55-64-109-118(74-90)131(108-42-20-19-41-107(108)127(109)85-30-9-4-10-31-85)98-61-71-126-117(79-98)115-69-52-84-29-16-18-39-102(84)133(115)136-126/h3-80H,1-2H3. The van der Waals surface area contributed by atoms with E-state index in [1.807, 2.05) is 0 Å². The summed E-state index contributed by atoms with van der Waals surface area (Å²) < 4.78 is 14.0. The van der Waals surface area contributed by atoms with Gasteiger partial charge in [0.15, 0.2) is 0 Å². The SMILES string of the molecule is CC1(C)c2ccccc2-c2ccc(-c3ccc4c(-c5cccc6ccccc56)c5ccc(-c6ccc7oc8c(-c9ccc%10c(-c%11ccccc%11)c%11ccc(-c%12cccc%13cc(-c%14ccc%15c(-c%16ccccc%16)c%16ccccc%16c(-c%16ccc%17oc%18c%19ccccc%19ccc%18c%17c%16)c%15c%14)ccc%12%13)cc%11c(-c%11ccccc%11)c%10c9)cccc8c7c6)cc5c(-c5ccc(-c6ccccc6)cc5)c4c3)cc21. The van der Waals surface area contributed by atoms with Crippen molar-refractivity contribution in [2.75, 3.05) is 0 Å². The minimum absolute atomic E-state index is 0.151. The third-order valence-corrected chi connectivity index (χ3v) is 30.0. The summed E-state index contributed by atoms with van der Waals surface area (Å²) in [4.78, 5) is 0. The first kappa shape index (κ1) is 78.1. The molecule has 1 aliphatic rings. The van der Waals surface area contributed by atoms with Gasteiger partial charge in [-0.05, 0) is 315 Å². The third-order valence-electron chi connectivity index (χ3n) is 30.0. The molecular weight excluding hydrogens is 1650 g/mol. The summed E-state index contributed by atoms with van der Waals surface area (Å²) >= 11 is 0. The molecule has 0 spiro atoms. The Balaban J connectivity index is 0.583. The number of hydrogen-bond acceptors (Lipinski definition) is 2. The van der Waals surface area contributed by atoms with E-state index in [0.29, 0.717) is 0 Å². The Morgan fingerprint density at radius 1 is 0.139 bits per heavy atom. The van der Waals surface area contributed by atoms with Crippen molar-refractivity contribution in [2.24, 2.45) is 0 Å². The highest BCUT2D eigenvalue weighted by Crippen LogP contribution is 2.55. The van der Waals surface area contributed by atoms with E-state index >= 15 is 0 Å². The lowest BCUT2D eigenvalue weighted by atomic mass is 9.81. The van der Waals surface area contributed by atoms with Crippen LogP contribution in [0, 0.1) is 0 Å². The molecule has 0 saturated carbocycles. The van der Waals surface area contributed by atoms with Crippen molar-refractivity contribution < 1.29 is 8.83 Å². The van der Waals surface area contributed by atoms with Crippen molar-refractivity contribution in [3.05, 3.63) is 484 Å². The zero-order valence-electron chi connectivity index (χ0n) is 75.3. The number of furan rings is 2. The van der Waals surface area contributed by atoms with E-state index in [9.17, 15) is 0 Å². The van der Waals surface area contributed by atoms with Crippen LogP contribution < -0.4 is 0 Å². The van der Waals surface area contributed by atoms with Gasteiger partial charge < -0.3 is 8.83 Å². The van der Waals surface area contributed by atoms with Gasteiger partial charge >= 0.3 is 0 Å². The average molecular weight is 1740 g/mol. The second kappa shape index (κ2) is 30.8. The summed E-state index contributed by atoms with van der Waals surface area (Å²) in [5.41, 5.74) is 36.7. The topological polar surface area (TPSA) is 26.3 Å². The molecule has 27 aromatic rings. The maximum atomic E-state index is 7.29. The van der Waals surface area contributed by atoms with Crippen LogP contribution in [-0.4, -0.2) is 0 Å². The lowest BCUT2D eigenvalue weighted by molar-refractivity contribution is 0.660. The second-order valence-electron chi connectivity index (χ2n) is 37.8. The number of rotatable bonds is 12. The molecule has 0 fully saturated rings. The van der Waals surface area contributed by atoms with Gasteiger partial charge in [-0.15, -0.1) is 0 Å². The maximum Gasteiger partial charge on any atom is 0.143 e. The Labute approximate surface area is 792 Å². The predicted molar refractivity (Wildman–Crippen MR) is 581 cm³/mol. The molecule has 2 heterocycles. The molecule has 0 radical (unpaired) electrons. The average Bonchev–Trinajstić information content (AvgIpc) is 1.39. The molecule has 2 aromatic heterocycles. The monoisotopic (exact) mass is 1740 g/mol. The number of hydrogen-bond donors (Lipinski definition) is 0. The normalized spacial score (nSPS) is 12.5. The Bertz CT molecular complexity index is 9770. The predicted octanol–water partition coefficient (Wildman–Crippen LogP) is 38.2. The molecule has 2 heteroatoms. The second-order valence-corrected chi connectivity index (χ2v) is 37.8. The van der Waals surface area contributed by atoms with Crippen molar-refractivity contribution >= 4 is 141 Å². The molecule has 0 N–H and O–H groups in total. The van der Waals surface area contributed by atoms with E-state index in [1.165, 1.54) is 181 Å². The van der Waals surface area contributed by atoms with Crippen molar-refractivity contribution in [3.8, 4) is 145 Å². The van der Waals surface area contributed by atoms with Crippen LogP contribution in [-0.2, 0) is 5.41 Å². The van der Waals surface area contributed by atoms with Gasteiger partial charge in [-0.25, -0.2) is 0 Å².